The van der Waals surface area contributed by atoms with Crippen molar-refractivity contribution in [1.29, 1.82) is 0 Å². The summed E-state index contributed by atoms with van der Waals surface area (Å²) in [6.45, 7) is 37.9. The summed E-state index contributed by atoms with van der Waals surface area (Å²) in [5.74, 6) is 1.31. The van der Waals surface area contributed by atoms with E-state index in [1.165, 1.54) is 66.7 Å². The van der Waals surface area contributed by atoms with Crippen LogP contribution in [0, 0.1) is 29.6 Å². The van der Waals surface area contributed by atoms with E-state index >= 15 is 0 Å². The third kappa shape index (κ3) is 24.8. The number of aliphatic hydroxyl groups is 2. The van der Waals surface area contributed by atoms with Gasteiger partial charge in [-0.05, 0) is 120 Å². The Morgan fingerprint density at radius 2 is 1.01 bits per heavy atom. The second-order valence-corrected chi connectivity index (χ2v) is 31.2. The molecule has 3 aliphatic carbocycles. The Morgan fingerprint density at radius 1 is 0.621 bits per heavy atom. The second-order valence-electron chi connectivity index (χ2n) is 27.9. The lowest BCUT2D eigenvalue weighted by Crippen LogP contribution is -2.54. The smallest absolute Gasteiger partial charge is 0.351 e. The van der Waals surface area contributed by atoms with Crippen molar-refractivity contribution in [2.75, 3.05) is 10.6 Å². The van der Waals surface area contributed by atoms with E-state index in [1.54, 1.807) is 46.0 Å². The number of anilines is 2. The van der Waals surface area contributed by atoms with Crippen LogP contribution in [0.3, 0.4) is 0 Å². The third-order valence-corrected chi connectivity index (χ3v) is 22.6. The number of aliphatic hydroxyl groups excluding tert-OH is 1. The molecule has 0 bridgehead atoms. The summed E-state index contributed by atoms with van der Waals surface area (Å²) in [6, 6.07) is 5.54. The van der Waals surface area contributed by atoms with Crippen LogP contribution in [-0.2, 0) is 32.6 Å². The Labute approximate surface area is 610 Å². The number of aromatic nitrogens is 4. The van der Waals surface area contributed by atoms with Crippen LogP contribution < -0.4 is 27.3 Å². The van der Waals surface area contributed by atoms with Crippen LogP contribution in [0.25, 0.3) is 0 Å². The number of nitrogens with one attached hydrogen (secondary N) is 3. The summed E-state index contributed by atoms with van der Waals surface area (Å²) in [7, 11) is -2.13. The fourth-order valence-electron chi connectivity index (χ4n) is 14.1. The van der Waals surface area contributed by atoms with Gasteiger partial charge in [-0.3, -0.25) is 18.7 Å². The van der Waals surface area contributed by atoms with Crippen molar-refractivity contribution in [3.63, 3.8) is 0 Å². The number of hydrogen-bond acceptors (Lipinski definition) is 16. The molecule has 2 amide bonds. The van der Waals surface area contributed by atoms with Crippen molar-refractivity contribution in [2.45, 2.75) is 347 Å². The van der Waals surface area contributed by atoms with Crippen molar-refractivity contribution in [2.24, 2.45) is 29.6 Å². The fraction of sp³-hybridized carbons (Fsp3) is 0.853. The van der Waals surface area contributed by atoms with Gasteiger partial charge in [0.25, 0.3) is 8.53 Å². The normalized spacial score (nSPS) is 26.4. The highest BCUT2D eigenvalue weighted by Crippen LogP contribution is 2.66. The molecule has 560 valence electrons. The van der Waals surface area contributed by atoms with Crippen molar-refractivity contribution < 1.29 is 42.8 Å². The van der Waals surface area contributed by atoms with Gasteiger partial charge in [-0.1, -0.05) is 165 Å². The molecule has 9 rings (SSSR count). The lowest BCUT2D eigenvalue weighted by molar-refractivity contribution is -0.119. The maximum atomic E-state index is 12.8. The molecule has 7 aliphatic rings. The largest absolute Gasteiger partial charge is 0.390 e. The minimum atomic E-state index is -1.24. The molecule has 3 unspecified atom stereocenters. The number of rotatable bonds is 18. The van der Waals surface area contributed by atoms with Gasteiger partial charge in [0.05, 0.1) is 41.2 Å². The molecule has 27 heteroatoms. The Hall–Kier alpha value is -1.15. The molecule has 6 heterocycles. The van der Waals surface area contributed by atoms with Gasteiger partial charge in [0.15, 0.2) is 0 Å². The first-order chi connectivity index (χ1) is 40.9. The Balaban J connectivity index is -0.00000124. The van der Waals surface area contributed by atoms with E-state index in [9.17, 15) is 29.4 Å². The Bertz CT molecular complexity index is 2630. The summed E-state index contributed by atoms with van der Waals surface area (Å²) < 4.78 is 39.5. The molecule has 0 aromatic carbocycles. The topological polar surface area (TPSA) is 233 Å². The number of amides is 2. The summed E-state index contributed by atoms with van der Waals surface area (Å²) >= 11 is 6.45. The molecule has 3 saturated carbocycles. The van der Waals surface area contributed by atoms with E-state index in [1.807, 2.05) is 6.92 Å². The van der Waals surface area contributed by atoms with Crippen LogP contribution in [0.4, 0.5) is 11.6 Å². The summed E-state index contributed by atoms with van der Waals surface area (Å²) in [4.78, 5) is 56.3. The van der Waals surface area contributed by atoms with Crippen molar-refractivity contribution in [3.05, 3.63) is 45.5 Å². The van der Waals surface area contributed by atoms with Gasteiger partial charge >= 0.3 is 11.4 Å². The van der Waals surface area contributed by atoms with Crippen LogP contribution in [-0.4, -0.2) is 128 Å². The van der Waals surface area contributed by atoms with E-state index in [-0.39, 0.29) is 155 Å². The summed E-state index contributed by atoms with van der Waals surface area (Å²) in [5, 5.41) is 29.1. The molecule has 2 aromatic rings. The van der Waals surface area contributed by atoms with Crippen LogP contribution >= 0.6 is 81.4 Å². The predicted molar refractivity (Wildman–Crippen MR) is 417 cm³/mol. The Kier molecular flexibility index (Phi) is 45.1. The van der Waals surface area contributed by atoms with Gasteiger partial charge in [0.2, 0.25) is 19.5 Å². The number of nitrogens with zero attached hydrogens (tertiary/aromatic N) is 6. The molecule has 11 atom stereocenters. The quantitative estimate of drug-likeness (QED) is 0.0873. The fourth-order valence-corrected chi connectivity index (χ4v) is 19.4. The molecule has 4 saturated heterocycles. The lowest BCUT2D eigenvalue weighted by atomic mass is 9.84. The van der Waals surface area contributed by atoms with Gasteiger partial charge in [-0.25, -0.2) is 18.9 Å². The molecular weight excluding hydrogens is 1340 g/mol. The zero-order valence-corrected chi connectivity index (χ0v) is 64.5. The molecule has 2 aromatic heterocycles. The lowest BCUT2D eigenvalue weighted by Gasteiger charge is -2.37. The van der Waals surface area contributed by atoms with Crippen LogP contribution in [0.1, 0.15) is 270 Å². The molecule has 4 aliphatic heterocycles. The standard InChI is InChI=1S/C26H43N4O5P.C14H21N3O4.C12H23ClNOP.C12H25NO.4CH4.4H2S/c1-8-19-20(15-22(33-19)29-14-11-21(28-25(29)32)27-24(31)17(4)5)34-36-30(18(6)7)23(16(2)3)26(35-36)12-9-10-13-26;1-4-10-9(18)7-12(21-10)17-6-5-11(16-14(17)20)15-13(19)8(2)3;1-9(2)11-12(7-5-6-8-12)15-16(13)14(11)10(3)4;1-9(2)11(13-10(3)4)12(14)7-5-6-8-12;;;;;;;;/h11,14,16-20,22-23H,8-10,12-13,15H2,1-7H3,(H,27,28,31,32);5-6,8-10,12,18H,4,7H2,1-3H3,(H,15,16,19,20);9-11H,5-8H2,1-4H3;9-11,13-14H,5-8H2,1-4H3;4*1H4;4*1H2/t19-,20?,22-,23+,36+;9?,10-,12-;11-,16?;11-;;;;;;;;/m1100......../s1. The first kappa shape index (κ1) is 98.0. The second kappa shape index (κ2) is 43.7. The van der Waals surface area contributed by atoms with E-state index in [0.717, 1.165) is 32.1 Å². The number of halogens is 1. The molecule has 0 radical (unpaired) electrons. The zero-order chi connectivity index (χ0) is 64.5. The van der Waals surface area contributed by atoms with Crippen molar-refractivity contribution >= 4 is 105 Å². The number of carbonyl (C=O) groups is 2. The van der Waals surface area contributed by atoms with Gasteiger partial charge in [-0.2, -0.15) is 64.0 Å². The Morgan fingerprint density at radius 3 is 1.37 bits per heavy atom. The average Bonchev–Trinajstić information content (AvgIpc) is 1.60. The highest BCUT2D eigenvalue weighted by atomic mass is 35.7. The van der Waals surface area contributed by atoms with Crippen molar-refractivity contribution in [1.82, 2.24) is 33.8 Å². The molecular formula is C68H136ClN9O11P2S4. The average molecular weight is 1480 g/mol. The van der Waals surface area contributed by atoms with E-state index in [4.69, 9.17) is 34.3 Å². The number of ether oxygens (including phenoxy) is 2. The first-order valence-electron chi connectivity index (χ1n) is 33.1. The van der Waals surface area contributed by atoms with Gasteiger partial charge in [0.1, 0.15) is 24.1 Å². The first-order valence-corrected chi connectivity index (χ1v) is 36.3. The summed E-state index contributed by atoms with van der Waals surface area (Å²) in [6.07, 6.45) is 17.3. The predicted octanol–water partition coefficient (Wildman–Crippen LogP) is 16.0. The van der Waals surface area contributed by atoms with Crippen LogP contribution in [0.15, 0.2) is 34.1 Å². The zero-order valence-electron chi connectivity index (χ0n) is 58.0. The highest BCUT2D eigenvalue weighted by molar-refractivity contribution is 7.78. The van der Waals surface area contributed by atoms with Gasteiger partial charge in [-0.15, -0.1) is 0 Å². The monoisotopic (exact) mass is 1480 g/mol. The van der Waals surface area contributed by atoms with Crippen LogP contribution in [0.2, 0.25) is 0 Å². The van der Waals surface area contributed by atoms with Gasteiger partial charge in [0, 0.05) is 73.3 Å². The molecule has 20 nitrogen and oxygen atoms in total. The van der Waals surface area contributed by atoms with E-state index < -0.39 is 51.7 Å². The van der Waals surface area contributed by atoms with Crippen molar-refractivity contribution in [3.8, 4) is 0 Å². The SMILES string of the molecule is C.C.C.C.CC(C)N[C@@H](C(C)C)C1(O)CCCC1.CC(C)[C@@H]1N(C(C)C)P(Cl)OC12CCCC2.CC[C@H]1O[C@@H](n2ccc(NC(=O)C(C)C)nc2=O)CC1O.CC[C@H]1O[C@@H](n2ccc(NC(=O)C(C)C)nc2=O)CC1O[P@@]1OC2(CCCC2)[C@H](C(C)C)N1C(C)C.S.S.S.S. The highest BCUT2D eigenvalue weighted by Gasteiger charge is 2.59. The van der Waals surface area contributed by atoms with E-state index in [2.05, 4.69) is 125 Å². The molecule has 5 N–H and O–H groups in total. The summed E-state index contributed by atoms with van der Waals surface area (Å²) in [5.41, 5.74) is -1.45. The van der Waals surface area contributed by atoms with Gasteiger partial charge < -0.3 is 49.2 Å². The minimum Gasteiger partial charge on any atom is -0.390 e. The number of carbonyl (C=O) groups excluding carboxylic acids is 2. The van der Waals surface area contributed by atoms with Crippen LogP contribution in [0.5, 0.6) is 0 Å². The minimum absolute atomic E-state index is 0. The third-order valence-electron chi connectivity index (χ3n) is 18.2. The maximum absolute atomic E-state index is 12.8. The van der Waals surface area contributed by atoms with E-state index in [0.29, 0.717) is 67.2 Å². The maximum Gasteiger partial charge on any atom is 0.351 e. The molecule has 7 fully saturated rings. The molecule has 95 heavy (non-hydrogen) atoms. The number of hydrogen-bond donors (Lipinski definition) is 5. The molecule has 2 spiro atoms.